The van der Waals surface area contributed by atoms with Crippen molar-refractivity contribution in [3.63, 3.8) is 0 Å². The minimum absolute atomic E-state index is 0.0795. The lowest BCUT2D eigenvalue weighted by Gasteiger charge is -2.35. The van der Waals surface area contributed by atoms with Crippen molar-refractivity contribution in [3.05, 3.63) is 54.6 Å². The molecule has 154 valence electrons. The average Bonchev–Trinajstić information content (AvgIpc) is 2.76. The number of hydrogen-bond acceptors (Lipinski definition) is 5. The number of nitrogens with one attached hydrogen (secondary N) is 1. The smallest absolute Gasteiger partial charge is 0.412 e. The van der Waals surface area contributed by atoms with Crippen LogP contribution in [-0.4, -0.2) is 49.9 Å². The third-order valence-electron chi connectivity index (χ3n) is 5.51. The van der Waals surface area contributed by atoms with E-state index in [9.17, 15) is 4.79 Å². The van der Waals surface area contributed by atoms with Gasteiger partial charge in [-0.25, -0.2) is 4.79 Å². The van der Waals surface area contributed by atoms with Gasteiger partial charge in [-0.15, -0.1) is 0 Å². The molecule has 1 atom stereocenters. The molecule has 2 aromatic rings. The lowest BCUT2D eigenvalue weighted by molar-refractivity contribution is 0.0473. The van der Waals surface area contributed by atoms with E-state index in [1.54, 1.807) is 12.1 Å². The molecule has 29 heavy (non-hydrogen) atoms. The zero-order valence-electron chi connectivity index (χ0n) is 16.6. The molecule has 0 radical (unpaired) electrons. The first-order valence-corrected chi connectivity index (χ1v) is 10.4. The number of carbonyl (C=O) groups excluding carboxylic acids is 1. The fourth-order valence-electron chi connectivity index (χ4n) is 3.91. The van der Waals surface area contributed by atoms with Crippen molar-refractivity contribution in [2.24, 2.45) is 5.92 Å². The van der Waals surface area contributed by atoms with Gasteiger partial charge in [0.1, 0.15) is 18.5 Å². The molecule has 0 saturated carbocycles. The first-order chi connectivity index (χ1) is 14.3. The normalized spacial score (nSPS) is 19.5. The van der Waals surface area contributed by atoms with E-state index < -0.39 is 0 Å². The maximum Gasteiger partial charge on any atom is 0.412 e. The number of piperidine rings is 1. The summed E-state index contributed by atoms with van der Waals surface area (Å²) in [7, 11) is 0. The number of nitrogens with zero attached hydrogens (tertiary/aromatic N) is 1. The molecule has 0 aromatic heterocycles. The molecule has 2 aromatic carbocycles. The van der Waals surface area contributed by atoms with Gasteiger partial charge in [-0.3, -0.25) is 4.90 Å². The summed E-state index contributed by atoms with van der Waals surface area (Å²) >= 11 is 0. The fourth-order valence-corrected chi connectivity index (χ4v) is 3.91. The summed E-state index contributed by atoms with van der Waals surface area (Å²) < 4.78 is 17.1. The molecule has 6 heteroatoms. The molecule has 1 fully saturated rings. The highest BCUT2D eigenvalue weighted by Crippen LogP contribution is 2.31. The van der Waals surface area contributed by atoms with Crippen LogP contribution in [0.3, 0.4) is 0 Å². The van der Waals surface area contributed by atoms with Crippen molar-refractivity contribution in [2.75, 3.05) is 32.8 Å². The van der Waals surface area contributed by atoms with Crippen molar-refractivity contribution in [3.8, 4) is 17.2 Å². The number of para-hydroxylation sites is 3. The van der Waals surface area contributed by atoms with Gasteiger partial charge in [0.25, 0.3) is 0 Å². The third-order valence-corrected chi connectivity index (χ3v) is 5.51. The van der Waals surface area contributed by atoms with E-state index in [1.165, 1.54) is 0 Å². The summed E-state index contributed by atoms with van der Waals surface area (Å²) in [6.45, 7) is 4.25. The SMILES string of the molecule is O=C(NCCC1CCN(CC2COc3ccccc3O2)CC1)Oc1ccccc1. The van der Waals surface area contributed by atoms with Gasteiger partial charge in [0.15, 0.2) is 11.5 Å². The molecule has 2 heterocycles. The Balaban J connectivity index is 1.12. The standard InChI is InChI=1S/C23H28N2O4/c26-23(29-19-6-2-1-3-7-19)24-13-10-18-11-14-25(15-12-18)16-20-17-27-21-8-4-5-9-22(21)28-20/h1-9,18,20H,10-17H2,(H,24,26). The van der Waals surface area contributed by atoms with Crippen molar-refractivity contribution < 1.29 is 19.0 Å². The van der Waals surface area contributed by atoms with E-state index in [0.29, 0.717) is 24.8 Å². The zero-order valence-corrected chi connectivity index (χ0v) is 16.6. The summed E-state index contributed by atoms with van der Waals surface area (Å²) in [5.74, 6) is 2.87. The van der Waals surface area contributed by atoms with Gasteiger partial charge in [-0.05, 0) is 62.5 Å². The maximum absolute atomic E-state index is 11.8. The minimum atomic E-state index is -0.386. The van der Waals surface area contributed by atoms with Gasteiger partial charge >= 0.3 is 6.09 Å². The lowest BCUT2D eigenvalue weighted by atomic mass is 9.93. The largest absolute Gasteiger partial charge is 0.486 e. The van der Waals surface area contributed by atoms with Crippen LogP contribution in [0.1, 0.15) is 19.3 Å². The molecule has 1 amide bonds. The Morgan fingerprint density at radius 3 is 2.55 bits per heavy atom. The van der Waals surface area contributed by atoms with E-state index in [4.69, 9.17) is 14.2 Å². The van der Waals surface area contributed by atoms with Crippen molar-refractivity contribution >= 4 is 6.09 Å². The van der Waals surface area contributed by atoms with E-state index in [-0.39, 0.29) is 12.2 Å². The fraction of sp³-hybridized carbons (Fsp3) is 0.435. The van der Waals surface area contributed by atoms with Crippen LogP contribution < -0.4 is 19.5 Å². The van der Waals surface area contributed by atoms with Crippen molar-refractivity contribution in [2.45, 2.75) is 25.4 Å². The molecule has 0 bridgehead atoms. The van der Waals surface area contributed by atoms with Crippen LogP contribution in [0.2, 0.25) is 0 Å². The molecular formula is C23H28N2O4. The number of likely N-dealkylation sites (tertiary alicyclic amines) is 1. The second kappa shape index (κ2) is 9.65. The zero-order chi connectivity index (χ0) is 19.9. The molecule has 2 aliphatic rings. The number of ether oxygens (including phenoxy) is 3. The average molecular weight is 396 g/mol. The van der Waals surface area contributed by atoms with Gasteiger partial charge in [0.05, 0.1) is 0 Å². The summed E-state index contributed by atoms with van der Waals surface area (Å²) in [5.41, 5.74) is 0. The first-order valence-electron chi connectivity index (χ1n) is 10.4. The van der Waals surface area contributed by atoms with E-state index >= 15 is 0 Å². The first kappa shape index (κ1) is 19.6. The van der Waals surface area contributed by atoms with Crippen LogP contribution in [0.25, 0.3) is 0 Å². The monoisotopic (exact) mass is 396 g/mol. The molecule has 0 spiro atoms. The Morgan fingerprint density at radius 2 is 1.76 bits per heavy atom. The molecule has 6 nitrogen and oxygen atoms in total. The molecule has 0 aliphatic carbocycles. The number of fused-ring (bicyclic) bond motifs is 1. The highest BCUT2D eigenvalue weighted by atomic mass is 16.6. The third kappa shape index (κ3) is 5.64. The summed E-state index contributed by atoms with van der Waals surface area (Å²) in [6.07, 6.45) is 2.95. The molecule has 2 aliphatic heterocycles. The summed E-state index contributed by atoms with van der Waals surface area (Å²) in [5, 5.41) is 2.85. The Bertz CT molecular complexity index is 790. The maximum atomic E-state index is 11.8. The molecule has 1 saturated heterocycles. The van der Waals surface area contributed by atoms with E-state index in [2.05, 4.69) is 10.2 Å². The van der Waals surface area contributed by atoms with Crippen LogP contribution in [-0.2, 0) is 0 Å². The van der Waals surface area contributed by atoms with Gasteiger partial charge in [-0.1, -0.05) is 30.3 Å². The van der Waals surface area contributed by atoms with Gasteiger partial charge in [0.2, 0.25) is 0 Å². The van der Waals surface area contributed by atoms with Crippen LogP contribution in [0.5, 0.6) is 17.2 Å². The minimum Gasteiger partial charge on any atom is -0.486 e. The number of carbonyl (C=O) groups is 1. The van der Waals surface area contributed by atoms with E-state index in [0.717, 1.165) is 50.4 Å². The lowest BCUT2D eigenvalue weighted by Crippen LogP contribution is -2.44. The molecule has 1 unspecified atom stereocenters. The number of hydrogen-bond donors (Lipinski definition) is 1. The van der Waals surface area contributed by atoms with Gasteiger partial charge in [0, 0.05) is 13.1 Å². The van der Waals surface area contributed by atoms with Crippen molar-refractivity contribution in [1.82, 2.24) is 10.2 Å². The second-order valence-corrected chi connectivity index (χ2v) is 7.66. The van der Waals surface area contributed by atoms with Crippen LogP contribution >= 0.6 is 0 Å². The molecule has 1 N–H and O–H groups in total. The predicted molar refractivity (Wildman–Crippen MR) is 111 cm³/mol. The Hall–Kier alpha value is -2.73. The molecular weight excluding hydrogens is 368 g/mol. The van der Waals surface area contributed by atoms with Crippen LogP contribution in [0, 0.1) is 5.92 Å². The predicted octanol–water partition coefficient (Wildman–Crippen LogP) is 3.72. The summed E-state index contributed by atoms with van der Waals surface area (Å²) in [4.78, 5) is 14.3. The van der Waals surface area contributed by atoms with Crippen LogP contribution in [0.15, 0.2) is 54.6 Å². The quantitative estimate of drug-likeness (QED) is 0.807. The number of amides is 1. The Morgan fingerprint density at radius 1 is 1.03 bits per heavy atom. The van der Waals surface area contributed by atoms with Gasteiger partial charge in [-0.2, -0.15) is 0 Å². The van der Waals surface area contributed by atoms with Crippen LogP contribution in [0.4, 0.5) is 4.79 Å². The van der Waals surface area contributed by atoms with Crippen molar-refractivity contribution in [1.29, 1.82) is 0 Å². The number of benzene rings is 2. The van der Waals surface area contributed by atoms with E-state index in [1.807, 2.05) is 42.5 Å². The second-order valence-electron chi connectivity index (χ2n) is 7.66. The Labute approximate surface area is 171 Å². The molecule has 4 rings (SSSR count). The number of rotatable bonds is 6. The highest BCUT2D eigenvalue weighted by Gasteiger charge is 2.26. The topological polar surface area (TPSA) is 60.0 Å². The Kier molecular flexibility index (Phi) is 6.52. The summed E-state index contributed by atoms with van der Waals surface area (Å²) in [6, 6.07) is 17.0. The highest BCUT2D eigenvalue weighted by molar-refractivity contribution is 5.70. The van der Waals surface area contributed by atoms with Gasteiger partial charge < -0.3 is 19.5 Å².